The van der Waals surface area contributed by atoms with Gasteiger partial charge < -0.3 is 21.1 Å². The van der Waals surface area contributed by atoms with Crippen molar-refractivity contribution in [3.8, 4) is 0 Å². The highest BCUT2D eigenvalue weighted by Gasteiger charge is 2.08. The van der Waals surface area contributed by atoms with E-state index in [1.54, 1.807) is 0 Å². The summed E-state index contributed by atoms with van der Waals surface area (Å²) in [4.78, 5) is 12.8. The second-order valence-corrected chi connectivity index (χ2v) is 4.63. The molecule has 1 aliphatic rings. The van der Waals surface area contributed by atoms with Gasteiger partial charge in [-0.1, -0.05) is 0 Å². The molecule has 0 aromatic carbocycles. The van der Waals surface area contributed by atoms with Crippen LogP contribution in [0.1, 0.15) is 12.8 Å². The first-order valence-electron chi connectivity index (χ1n) is 6.85. The molecule has 6 nitrogen and oxygen atoms in total. The van der Waals surface area contributed by atoms with Crippen LogP contribution in [0.5, 0.6) is 0 Å². The summed E-state index contributed by atoms with van der Waals surface area (Å²) in [6, 6.07) is 0. The molecule has 18 heavy (non-hydrogen) atoms. The fraction of sp³-hybridized carbons (Fsp3) is 0.917. The Kier molecular flexibility index (Phi) is 8.75. The zero-order chi connectivity index (χ0) is 13.1. The molecule has 1 rings (SSSR count). The van der Waals surface area contributed by atoms with Crippen molar-refractivity contribution in [3.05, 3.63) is 0 Å². The lowest BCUT2D eigenvalue weighted by Gasteiger charge is -2.21. The predicted octanol–water partition coefficient (Wildman–Crippen LogP) is -1.06. The van der Waals surface area contributed by atoms with Gasteiger partial charge in [-0.05, 0) is 39.0 Å². The first kappa shape index (κ1) is 15.4. The highest BCUT2D eigenvalue weighted by Crippen LogP contribution is 1.91. The zero-order valence-electron chi connectivity index (χ0n) is 11.1. The summed E-state index contributed by atoms with van der Waals surface area (Å²) >= 11 is 0. The summed E-state index contributed by atoms with van der Waals surface area (Å²) in [6.07, 6.45) is 2.10. The minimum atomic E-state index is -0.742. The molecule has 0 atom stereocenters. The van der Waals surface area contributed by atoms with Crippen LogP contribution in [0.25, 0.3) is 0 Å². The molecular weight excluding hydrogens is 232 g/mol. The van der Waals surface area contributed by atoms with Gasteiger partial charge in [0.1, 0.15) is 0 Å². The van der Waals surface area contributed by atoms with E-state index in [-0.39, 0.29) is 6.54 Å². The summed E-state index contributed by atoms with van der Waals surface area (Å²) in [5, 5.41) is 18.9. The number of hydrogen-bond donors (Lipinski definition) is 4. The van der Waals surface area contributed by atoms with E-state index >= 15 is 0 Å². The molecule has 6 heteroatoms. The lowest BCUT2D eigenvalue weighted by molar-refractivity contribution is -0.138. The molecule has 0 unspecified atom stereocenters. The first-order valence-corrected chi connectivity index (χ1v) is 6.85. The van der Waals surface area contributed by atoms with Crippen molar-refractivity contribution in [1.82, 2.24) is 20.9 Å². The Hall–Kier alpha value is -0.690. The molecule has 1 saturated heterocycles. The number of rotatable bonds is 2. The van der Waals surface area contributed by atoms with Gasteiger partial charge in [-0.2, -0.15) is 0 Å². The van der Waals surface area contributed by atoms with Gasteiger partial charge in [-0.3, -0.25) is 9.69 Å². The molecule has 0 amide bonds. The van der Waals surface area contributed by atoms with Crippen molar-refractivity contribution in [3.63, 3.8) is 0 Å². The third-order valence-corrected chi connectivity index (χ3v) is 2.98. The third-order valence-electron chi connectivity index (χ3n) is 2.98. The molecule has 1 aliphatic heterocycles. The second kappa shape index (κ2) is 10.3. The molecule has 0 aliphatic carbocycles. The number of carboxylic acids is 1. The molecule has 0 bridgehead atoms. The lowest BCUT2D eigenvalue weighted by Crippen LogP contribution is -2.39. The number of carbonyl (C=O) groups is 1. The van der Waals surface area contributed by atoms with Crippen molar-refractivity contribution in [2.24, 2.45) is 0 Å². The number of nitrogens with one attached hydrogen (secondary N) is 3. The Morgan fingerprint density at radius 1 is 0.889 bits per heavy atom. The van der Waals surface area contributed by atoms with Gasteiger partial charge in [0.05, 0.1) is 6.54 Å². The average molecular weight is 258 g/mol. The van der Waals surface area contributed by atoms with Crippen molar-refractivity contribution < 1.29 is 9.90 Å². The van der Waals surface area contributed by atoms with Crippen molar-refractivity contribution in [2.75, 3.05) is 58.9 Å². The molecule has 0 spiro atoms. The highest BCUT2D eigenvalue weighted by atomic mass is 16.4. The van der Waals surface area contributed by atoms with Crippen LogP contribution in [-0.2, 0) is 4.79 Å². The molecule has 1 fully saturated rings. The summed E-state index contributed by atoms with van der Waals surface area (Å²) in [5.41, 5.74) is 0. The Labute approximate surface area is 109 Å². The standard InChI is InChI=1S/C12H26N4O2/c17-12(18)11-16-9-2-5-14-7-6-13-3-1-4-15-8-10-16/h13-15H,1-11H2,(H,17,18). The van der Waals surface area contributed by atoms with E-state index in [0.29, 0.717) is 0 Å². The third kappa shape index (κ3) is 8.41. The van der Waals surface area contributed by atoms with Gasteiger partial charge >= 0.3 is 5.97 Å². The first-order chi connectivity index (χ1) is 8.79. The van der Waals surface area contributed by atoms with E-state index in [1.165, 1.54) is 0 Å². The molecular formula is C12H26N4O2. The average Bonchev–Trinajstić information content (AvgIpc) is 2.33. The molecule has 106 valence electrons. The smallest absolute Gasteiger partial charge is 0.317 e. The van der Waals surface area contributed by atoms with E-state index in [0.717, 1.165) is 65.2 Å². The quantitative estimate of drug-likeness (QED) is 0.506. The Morgan fingerprint density at radius 3 is 2.17 bits per heavy atom. The van der Waals surface area contributed by atoms with Crippen LogP contribution in [0.4, 0.5) is 0 Å². The van der Waals surface area contributed by atoms with E-state index in [9.17, 15) is 4.79 Å². The predicted molar refractivity (Wildman–Crippen MR) is 71.9 cm³/mol. The molecule has 0 aromatic rings. The number of nitrogens with zero attached hydrogens (tertiary/aromatic N) is 1. The van der Waals surface area contributed by atoms with Crippen molar-refractivity contribution >= 4 is 5.97 Å². The Balaban J connectivity index is 2.26. The van der Waals surface area contributed by atoms with Crippen LogP contribution in [-0.4, -0.2) is 74.9 Å². The fourth-order valence-corrected chi connectivity index (χ4v) is 2.02. The summed E-state index contributed by atoms with van der Waals surface area (Å²) in [6.45, 7) is 7.60. The van der Waals surface area contributed by atoms with E-state index in [4.69, 9.17) is 5.11 Å². The van der Waals surface area contributed by atoms with Gasteiger partial charge in [0.2, 0.25) is 0 Å². The number of aliphatic carboxylic acids is 1. The molecule has 4 N–H and O–H groups in total. The Bertz CT molecular complexity index is 212. The van der Waals surface area contributed by atoms with Gasteiger partial charge in [0.25, 0.3) is 0 Å². The number of carboxylic acid groups (broad SMARTS) is 1. The molecule has 0 aromatic heterocycles. The van der Waals surface area contributed by atoms with Gasteiger partial charge in [-0.25, -0.2) is 0 Å². The summed E-state index contributed by atoms with van der Waals surface area (Å²) in [5.74, 6) is -0.742. The van der Waals surface area contributed by atoms with Crippen LogP contribution in [0.3, 0.4) is 0 Å². The van der Waals surface area contributed by atoms with E-state index in [2.05, 4.69) is 16.0 Å². The van der Waals surface area contributed by atoms with Crippen LogP contribution in [0, 0.1) is 0 Å². The maximum Gasteiger partial charge on any atom is 0.317 e. The lowest BCUT2D eigenvalue weighted by atomic mass is 10.3. The normalized spacial score (nSPS) is 22.2. The van der Waals surface area contributed by atoms with Gasteiger partial charge in [-0.15, -0.1) is 0 Å². The topological polar surface area (TPSA) is 76.6 Å². The van der Waals surface area contributed by atoms with Crippen LogP contribution < -0.4 is 16.0 Å². The minimum Gasteiger partial charge on any atom is -0.480 e. The maximum atomic E-state index is 10.8. The minimum absolute atomic E-state index is 0.142. The maximum absolute atomic E-state index is 10.8. The summed E-state index contributed by atoms with van der Waals surface area (Å²) < 4.78 is 0. The monoisotopic (exact) mass is 258 g/mol. The largest absolute Gasteiger partial charge is 0.480 e. The SMILES string of the molecule is O=C(O)CN1CCCNCCNCCCNCC1. The second-order valence-electron chi connectivity index (χ2n) is 4.63. The van der Waals surface area contributed by atoms with Crippen molar-refractivity contribution in [2.45, 2.75) is 12.8 Å². The van der Waals surface area contributed by atoms with Crippen LogP contribution >= 0.6 is 0 Å². The fourth-order valence-electron chi connectivity index (χ4n) is 2.02. The Morgan fingerprint density at radius 2 is 1.50 bits per heavy atom. The molecule has 0 radical (unpaired) electrons. The molecule has 1 heterocycles. The van der Waals surface area contributed by atoms with Crippen LogP contribution in [0.15, 0.2) is 0 Å². The van der Waals surface area contributed by atoms with Gasteiger partial charge in [0.15, 0.2) is 0 Å². The van der Waals surface area contributed by atoms with Crippen LogP contribution in [0.2, 0.25) is 0 Å². The highest BCUT2D eigenvalue weighted by molar-refractivity contribution is 5.69. The van der Waals surface area contributed by atoms with E-state index in [1.807, 2.05) is 4.90 Å². The van der Waals surface area contributed by atoms with E-state index < -0.39 is 5.97 Å². The summed E-state index contributed by atoms with van der Waals surface area (Å²) in [7, 11) is 0. The van der Waals surface area contributed by atoms with Gasteiger partial charge in [0, 0.05) is 26.2 Å². The zero-order valence-corrected chi connectivity index (χ0v) is 11.1. The number of hydrogen-bond acceptors (Lipinski definition) is 5. The molecule has 0 saturated carbocycles. The van der Waals surface area contributed by atoms with Crippen molar-refractivity contribution in [1.29, 1.82) is 0 Å².